The molecule has 100 valence electrons. The van der Waals surface area contributed by atoms with Crippen molar-refractivity contribution in [3.63, 3.8) is 0 Å². The molecule has 19 heavy (non-hydrogen) atoms. The van der Waals surface area contributed by atoms with Crippen LogP contribution in [0.1, 0.15) is 40.5 Å². The molecule has 0 saturated carbocycles. The molecular weight excluding hydrogens is 300 g/mol. The Kier molecular flexibility index (Phi) is 3.25. The summed E-state index contributed by atoms with van der Waals surface area (Å²) < 4.78 is 3.40. The summed E-state index contributed by atoms with van der Waals surface area (Å²) in [6.45, 7) is 7.55. The van der Waals surface area contributed by atoms with Crippen molar-refractivity contribution in [3.8, 4) is 0 Å². The van der Waals surface area contributed by atoms with Gasteiger partial charge in [-0.25, -0.2) is 4.98 Å². The van der Waals surface area contributed by atoms with Gasteiger partial charge in [0, 0.05) is 12.5 Å². The zero-order chi connectivity index (χ0) is 13.6. The van der Waals surface area contributed by atoms with Crippen LogP contribution in [0.2, 0.25) is 0 Å². The van der Waals surface area contributed by atoms with Gasteiger partial charge in [0.15, 0.2) is 0 Å². The minimum Gasteiger partial charge on any atom is -0.331 e. The van der Waals surface area contributed by atoms with E-state index in [1.54, 1.807) is 0 Å². The van der Waals surface area contributed by atoms with Gasteiger partial charge in [0.25, 0.3) is 0 Å². The van der Waals surface area contributed by atoms with Crippen LogP contribution in [0.5, 0.6) is 0 Å². The van der Waals surface area contributed by atoms with Gasteiger partial charge in [-0.1, -0.05) is 23.8 Å². The maximum atomic E-state index is 4.54. The van der Waals surface area contributed by atoms with E-state index >= 15 is 0 Å². The molecule has 2 heterocycles. The predicted molar refractivity (Wildman–Crippen MR) is 81.6 cm³/mol. The summed E-state index contributed by atoms with van der Waals surface area (Å²) in [7, 11) is 0. The van der Waals surface area contributed by atoms with E-state index in [0.29, 0.717) is 5.92 Å². The molecule has 2 aromatic rings. The van der Waals surface area contributed by atoms with Crippen LogP contribution in [0.25, 0.3) is 0 Å². The highest BCUT2D eigenvalue weighted by atomic mass is 79.9. The Morgan fingerprint density at radius 2 is 2.05 bits per heavy atom. The standard InChI is InChI=1S/C16H19BrN2/c1-10-4-6-14(11(2)8-10)13-5-7-15-16(17)18-12(3)19(15)9-13/h4,6,8,13H,5,7,9H2,1-3H3. The van der Waals surface area contributed by atoms with E-state index < -0.39 is 0 Å². The van der Waals surface area contributed by atoms with Crippen molar-refractivity contribution >= 4 is 15.9 Å². The van der Waals surface area contributed by atoms with Gasteiger partial charge in [0.2, 0.25) is 0 Å². The van der Waals surface area contributed by atoms with Crippen LogP contribution < -0.4 is 0 Å². The highest BCUT2D eigenvalue weighted by Crippen LogP contribution is 2.34. The van der Waals surface area contributed by atoms with Crippen molar-refractivity contribution in [2.24, 2.45) is 0 Å². The first-order valence-electron chi connectivity index (χ1n) is 6.85. The van der Waals surface area contributed by atoms with Gasteiger partial charge < -0.3 is 4.57 Å². The van der Waals surface area contributed by atoms with Gasteiger partial charge in [-0.3, -0.25) is 0 Å². The van der Waals surface area contributed by atoms with Crippen molar-refractivity contribution in [1.29, 1.82) is 0 Å². The Labute approximate surface area is 123 Å². The molecule has 0 fully saturated rings. The number of halogens is 1. The Morgan fingerprint density at radius 1 is 1.26 bits per heavy atom. The lowest BCUT2D eigenvalue weighted by atomic mass is 9.87. The Morgan fingerprint density at radius 3 is 2.79 bits per heavy atom. The fraction of sp³-hybridized carbons (Fsp3) is 0.438. The van der Waals surface area contributed by atoms with Gasteiger partial charge in [-0.05, 0) is 60.7 Å². The average Bonchev–Trinajstić information content (AvgIpc) is 2.65. The van der Waals surface area contributed by atoms with Crippen LogP contribution in [0.3, 0.4) is 0 Å². The van der Waals surface area contributed by atoms with Gasteiger partial charge in [-0.2, -0.15) is 0 Å². The topological polar surface area (TPSA) is 17.8 Å². The van der Waals surface area contributed by atoms with Gasteiger partial charge in [0.1, 0.15) is 10.4 Å². The lowest BCUT2D eigenvalue weighted by Gasteiger charge is -2.27. The second-order valence-electron chi connectivity index (χ2n) is 5.60. The third kappa shape index (κ3) is 2.25. The van der Waals surface area contributed by atoms with E-state index in [2.05, 4.69) is 64.5 Å². The first kappa shape index (κ1) is 12.9. The average molecular weight is 319 g/mol. The Hall–Kier alpha value is -1.09. The summed E-state index contributed by atoms with van der Waals surface area (Å²) >= 11 is 3.57. The summed E-state index contributed by atoms with van der Waals surface area (Å²) in [4.78, 5) is 4.54. The predicted octanol–water partition coefficient (Wildman–Crippen LogP) is 4.30. The van der Waals surface area contributed by atoms with E-state index in [1.165, 1.54) is 28.8 Å². The summed E-state index contributed by atoms with van der Waals surface area (Å²) in [5.41, 5.74) is 5.63. The molecule has 0 amide bonds. The third-order valence-electron chi connectivity index (χ3n) is 4.21. The molecular formula is C16H19BrN2. The number of benzene rings is 1. The van der Waals surface area contributed by atoms with Crippen molar-refractivity contribution in [2.75, 3.05) is 0 Å². The quantitative estimate of drug-likeness (QED) is 0.766. The highest BCUT2D eigenvalue weighted by Gasteiger charge is 2.24. The molecule has 0 saturated heterocycles. The van der Waals surface area contributed by atoms with E-state index in [4.69, 9.17) is 0 Å². The Bertz CT molecular complexity index is 628. The monoisotopic (exact) mass is 318 g/mol. The molecule has 1 unspecified atom stereocenters. The normalized spacial score (nSPS) is 18.4. The third-order valence-corrected chi connectivity index (χ3v) is 4.85. The molecule has 3 rings (SSSR count). The second-order valence-corrected chi connectivity index (χ2v) is 6.35. The van der Waals surface area contributed by atoms with Crippen LogP contribution in [0, 0.1) is 20.8 Å². The SMILES string of the molecule is Cc1ccc(C2CCc3c(Br)nc(C)n3C2)c(C)c1. The molecule has 0 spiro atoms. The number of nitrogens with zero attached hydrogens (tertiary/aromatic N) is 2. The molecule has 1 aliphatic heterocycles. The van der Waals surface area contributed by atoms with Crippen LogP contribution in [0.4, 0.5) is 0 Å². The number of imidazole rings is 1. The molecule has 1 aromatic carbocycles. The van der Waals surface area contributed by atoms with Crippen molar-refractivity contribution in [3.05, 3.63) is 51.0 Å². The summed E-state index contributed by atoms with van der Waals surface area (Å²) in [5, 5.41) is 0. The molecule has 0 aliphatic carbocycles. The zero-order valence-electron chi connectivity index (χ0n) is 11.7. The zero-order valence-corrected chi connectivity index (χ0v) is 13.3. The van der Waals surface area contributed by atoms with Gasteiger partial charge in [-0.15, -0.1) is 0 Å². The fourth-order valence-electron chi connectivity index (χ4n) is 3.21. The number of hydrogen-bond acceptors (Lipinski definition) is 1. The van der Waals surface area contributed by atoms with Crippen LogP contribution in [0.15, 0.2) is 22.8 Å². The maximum absolute atomic E-state index is 4.54. The smallest absolute Gasteiger partial charge is 0.127 e. The molecule has 1 aromatic heterocycles. The Balaban J connectivity index is 1.95. The minimum absolute atomic E-state index is 0.618. The fourth-order valence-corrected chi connectivity index (χ4v) is 3.88. The molecule has 1 atom stereocenters. The number of rotatable bonds is 1. The molecule has 0 N–H and O–H groups in total. The van der Waals surface area contributed by atoms with Crippen molar-refractivity contribution in [2.45, 2.75) is 46.1 Å². The first-order valence-corrected chi connectivity index (χ1v) is 7.64. The lowest BCUT2D eigenvalue weighted by Crippen LogP contribution is -2.20. The number of hydrogen-bond donors (Lipinski definition) is 0. The number of fused-ring (bicyclic) bond motifs is 1. The van der Waals surface area contributed by atoms with Crippen LogP contribution in [-0.2, 0) is 13.0 Å². The number of aromatic nitrogens is 2. The van der Waals surface area contributed by atoms with E-state index in [9.17, 15) is 0 Å². The second kappa shape index (κ2) is 4.78. The van der Waals surface area contributed by atoms with E-state index in [1.807, 2.05) is 0 Å². The van der Waals surface area contributed by atoms with E-state index in [-0.39, 0.29) is 0 Å². The minimum atomic E-state index is 0.618. The summed E-state index contributed by atoms with van der Waals surface area (Å²) in [5.74, 6) is 1.74. The van der Waals surface area contributed by atoms with Crippen molar-refractivity contribution in [1.82, 2.24) is 9.55 Å². The molecule has 1 aliphatic rings. The van der Waals surface area contributed by atoms with E-state index in [0.717, 1.165) is 23.4 Å². The number of aryl methyl sites for hydroxylation is 3. The van der Waals surface area contributed by atoms with Crippen molar-refractivity contribution < 1.29 is 0 Å². The van der Waals surface area contributed by atoms with Gasteiger partial charge >= 0.3 is 0 Å². The lowest BCUT2D eigenvalue weighted by molar-refractivity contribution is 0.454. The molecule has 0 radical (unpaired) electrons. The van der Waals surface area contributed by atoms with Crippen LogP contribution >= 0.6 is 15.9 Å². The van der Waals surface area contributed by atoms with Crippen LogP contribution in [-0.4, -0.2) is 9.55 Å². The maximum Gasteiger partial charge on any atom is 0.127 e. The molecule has 2 nitrogen and oxygen atoms in total. The summed E-state index contributed by atoms with van der Waals surface area (Å²) in [6, 6.07) is 6.83. The highest BCUT2D eigenvalue weighted by molar-refractivity contribution is 9.10. The largest absolute Gasteiger partial charge is 0.331 e. The first-order chi connectivity index (χ1) is 9.06. The van der Waals surface area contributed by atoms with Gasteiger partial charge in [0.05, 0.1) is 5.69 Å². The molecule has 3 heteroatoms. The molecule has 0 bridgehead atoms. The summed E-state index contributed by atoms with van der Waals surface area (Å²) in [6.07, 6.45) is 2.33.